The van der Waals surface area contributed by atoms with E-state index < -0.39 is 0 Å². The Morgan fingerprint density at radius 3 is 2.77 bits per heavy atom. The van der Waals surface area contributed by atoms with Crippen LogP contribution in [0.4, 0.5) is 0 Å². The third-order valence-corrected chi connectivity index (χ3v) is 2.04. The van der Waals surface area contributed by atoms with E-state index in [9.17, 15) is 4.79 Å². The van der Waals surface area contributed by atoms with E-state index in [1.807, 2.05) is 13.8 Å². The van der Waals surface area contributed by atoms with Gasteiger partial charge in [0.15, 0.2) is 0 Å². The van der Waals surface area contributed by atoms with Crippen molar-refractivity contribution >= 4 is 5.91 Å². The van der Waals surface area contributed by atoms with Crippen LogP contribution in [0.2, 0.25) is 0 Å². The van der Waals surface area contributed by atoms with Gasteiger partial charge in [0.1, 0.15) is 0 Å². The van der Waals surface area contributed by atoms with Crippen LogP contribution in [0, 0.1) is 0 Å². The zero-order valence-electron chi connectivity index (χ0n) is 8.34. The fourth-order valence-corrected chi connectivity index (χ4v) is 1.43. The van der Waals surface area contributed by atoms with Crippen LogP contribution >= 0.6 is 0 Å². The molecule has 1 aliphatic carbocycles. The van der Waals surface area contributed by atoms with Gasteiger partial charge in [-0.1, -0.05) is 17.7 Å². The standard InChI is InChI=1S/C11H17NO/c1-9(2)8-11(13)12-10-6-4-3-5-7-10/h3-4,8,10H,5-7H2,1-2H3,(H,12,13). The first-order chi connectivity index (χ1) is 6.18. The Balaban J connectivity index is 2.36. The highest BCUT2D eigenvalue weighted by Crippen LogP contribution is 2.10. The predicted octanol–water partition coefficient (Wildman–Crippen LogP) is 2.18. The summed E-state index contributed by atoms with van der Waals surface area (Å²) in [4.78, 5) is 11.3. The van der Waals surface area contributed by atoms with E-state index in [-0.39, 0.29) is 5.91 Å². The molecule has 0 heterocycles. The summed E-state index contributed by atoms with van der Waals surface area (Å²) in [5.74, 6) is 0.0419. The lowest BCUT2D eigenvalue weighted by Crippen LogP contribution is -2.34. The highest BCUT2D eigenvalue weighted by molar-refractivity contribution is 5.88. The molecule has 13 heavy (non-hydrogen) atoms. The molecule has 72 valence electrons. The van der Waals surface area contributed by atoms with Crippen LogP contribution < -0.4 is 5.32 Å². The summed E-state index contributed by atoms with van der Waals surface area (Å²) in [6.45, 7) is 3.86. The van der Waals surface area contributed by atoms with Gasteiger partial charge in [-0.15, -0.1) is 0 Å². The highest BCUT2D eigenvalue weighted by atomic mass is 16.1. The van der Waals surface area contributed by atoms with Crippen molar-refractivity contribution in [1.82, 2.24) is 5.32 Å². The average Bonchev–Trinajstić information content (AvgIpc) is 2.04. The zero-order chi connectivity index (χ0) is 9.68. The maximum atomic E-state index is 11.3. The van der Waals surface area contributed by atoms with Crippen LogP contribution in [-0.2, 0) is 4.79 Å². The second-order valence-corrected chi connectivity index (χ2v) is 3.71. The number of amides is 1. The number of carbonyl (C=O) groups is 1. The van der Waals surface area contributed by atoms with Gasteiger partial charge in [0.25, 0.3) is 0 Å². The van der Waals surface area contributed by atoms with Crippen molar-refractivity contribution in [1.29, 1.82) is 0 Å². The van der Waals surface area contributed by atoms with E-state index in [1.165, 1.54) is 0 Å². The highest BCUT2D eigenvalue weighted by Gasteiger charge is 2.10. The van der Waals surface area contributed by atoms with Crippen LogP contribution in [0.5, 0.6) is 0 Å². The van der Waals surface area contributed by atoms with E-state index in [2.05, 4.69) is 17.5 Å². The van der Waals surface area contributed by atoms with Gasteiger partial charge in [0.05, 0.1) is 0 Å². The largest absolute Gasteiger partial charge is 0.350 e. The minimum atomic E-state index is 0.0419. The smallest absolute Gasteiger partial charge is 0.244 e. The normalized spacial score (nSPS) is 20.9. The van der Waals surface area contributed by atoms with Gasteiger partial charge in [-0.3, -0.25) is 4.79 Å². The molecule has 1 N–H and O–H groups in total. The van der Waals surface area contributed by atoms with Gasteiger partial charge >= 0.3 is 0 Å². The molecule has 0 saturated carbocycles. The molecule has 0 fully saturated rings. The van der Waals surface area contributed by atoms with Gasteiger partial charge < -0.3 is 5.32 Å². The first kappa shape index (κ1) is 10.0. The summed E-state index contributed by atoms with van der Waals surface area (Å²) in [5, 5.41) is 2.98. The maximum absolute atomic E-state index is 11.3. The fourth-order valence-electron chi connectivity index (χ4n) is 1.43. The van der Waals surface area contributed by atoms with E-state index in [4.69, 9.17) is 0 Å². The zero-order valence-corrected chi connectivity index (χ0v) is 8.34. The van der Waals surface area contributed by atoms with Crippen LogP contribution in [-0.4, -0.2) is 11.9 Å². The third-order valence-electron chi connectivity index (χ3n) is 2.04. The van der Waals surface area contributed by atoms with Crippen molar-refractivity contribution < 1.29 is 4.79 Å². The molecule has 1 unspecified atom stereocenters. The van der Waals surface area contributed by atoms with E-state index in [0.29, 0.717) is 6.04 Å². The lowest BCUT2D eigenvalue weighted by molar-refractivity contribution is -0.117. The molecule has 0 aromatic carbocycles. The third kappa shape index (κ3) is 3.92. The van der Waals surface area contributed by atoms with Gasteiger partial charge in [-0.25, -0.2) is 0 Å². The molecule has 1 atom stereocenters. The minimum Gasteiger partial charge on any atom is -0.350 e. The molecular weight excluding hydrogens is 162 g/mol. The molecule has 0 aromatic rings. The maximum Gasteiger partial charge on any atom is 0.244 e. The predicted molar refractivity (Wildman–Crippen MR) is 54.4 cm³/mol. The Labute approximate surface area is 79.7 Å². The Morgan fingerprint density at radius 1 is 1.46 bits per heavy atom. The second kappa shape index (κ2) is 4.85. The van der Waals surface area contributed by atoms with Gasteiger partial charge in [-0.05, 0) is 33.1 Å². The quantitative estimate of drug-likeness (QED) is 0.511. The fraction of sp³-hybridized carbons (Fsp3) is 0.545. The molecule has 0 aliphatic heterocycles. The number of hydrogen-bond donors (Lipinski definition) is 1. The summed E-state index contributed by atoms with van der Waals surface area (Å²) < 4.78 is 0. The lowest BCUT2D eigenvalue weighted by Gasteiger charge is -2.18. The number of hydrogen-bond acceptors (Lipinski definition) is 1. The topological polar surface area (TPSA) is 29.1 Å². The molecule has 0 aromatic heterocycles. The van der Waals surface area contributed by atoms with E-state index in [0.717, 1.165) is 24.8 Å². The second-order valence-electron chi connectivity index (χ2n) is 3.71. The van der Waals surface area contributed by atoms with Crippen molar-refractivity contribution in [2.45, 2.75) is 39.2 Å². The summed E-state index contributed by atoms with van der Waals surface area (Å²) in [5.41, 5.74) is 1.05. The molecule has 2 nitrogen and oxygen atoms in total. The van der Waals surface area contributed by atoms with Gasteiger partial charge in [-0.2, -0.15) is 0 Å². The number of rotatable bonds is 2. The first-order valence-electron chi connectivity index (χ1n) is 4.79. The lowest BCUT2D eigenvalue weighted by atomic mass is 10.0. The Morgan fingerprint density at radius 2 is 2.23 bits per heavy atom. The van der Waals surface area contributed by atoms with Crippen LogP contribution in [0.25, 0.3) is 0 Å². The number of carbonyl (C=O) groups excluding carboxylic acids is 1. The summed E-state index contributed by atoms with van der Waals surface area (Å²) >= 11 is 0. The summed E-state index contributed by atoms with van der Waals surface area (Å²) in [6, 6.07) is 0.341. The Kier molecular flexibility index (Phi) is 3.74. The molecule has 0 spiro atoms. The van der Waals surface area contributed by atoms with E-state index >= 15 is 0 Å². The van der Waals surface area contributed by atoms with Crippen molar-refractivity contribution in [2.24, 2.45) is 0 Å². The van der Waals surface area contributed by atoms with Crippen LogP contribution in [0.1, 0.15) is 33.1 Å². The van der Waals surface area contributed by atoms with Crippen molar-refractivity contribution in [3.63, 3.8) is 0 Å². The van der Waals surface area contributed by atoms with Gasteiger partial charge in [0, 0.05) is 12.1 Å². The minimum absolute atomic E-state index is 0.0419. The van der Waals surface area contributed by atoms with Crippen molar-refractivity contribution in [2.75, 3.05) is 0 Å². The van der Waals surface area contributed by atoms with Crippen molar-refractivity contribution in [3.05, 3.63) is 23.8 Å². The molecule has 1 amide bonds. The molecule has 0 bridgehead atoms. The summed E-state index contributed by atoms with van der Waals surface area (Å²) in [7, 11) is 0. The molecule has 1 aliphatic rings. The SMILES string of the molecule is CC(C)=CC(=O)NC1CC=CCC1. The molecule has 0 radical (unpaired) electrons. The molecular formula is C11H17NO. The average molecular weight is 179 g/mol. The Hall–Kier alpha value is -1.05. The van der Waals surface area contributed by atoms with Crippen molar-refractivity contribution in [3.8, 4) is 0 Å². The first-order valence-corrected chi connectivity index (χ1v) is 4.79. The van der Waals surface area contributed by atoms with Crippen LogP contribution in [0.3, 0.4) is 0 Å². The number of allylic oxidation sites excluding steroid dienone is 2. The molecule has 0 saturated heterocycles. The Bertz CT molecular complexity index is 236. The summed E-state index contributed by atoms with van der Waals surface area (Å²) in [6.07, 6.45) is 9.08. The van der Waals surface area contributed by atoms with E-state index in [1.54, 1.807) is 6.08 Å². The van der Waals surface area contributed by atoms with Crippen LogP contribution in [0.15, 0.2) is 23.8 Å². The monoisotopic (exact) mass is 179 g/mol. The van der Waals surface area contributed by atoms with Gasteiger partial charge in [0.2, 0.25) is 5.91 Å². The number of nitrogens with one attached hydrogen (secondary N) is 1. The molecule has 2 heteroatoms. The molecule has 1 rings (SSSR count).